The number of rotatable bonds is 1. The second-order valence-electron chi connectivity index (χ2n) is 4.51. The topological polar surface area (TPSA) is 29.3 Å². The van der Waals surface area contributed by atoms with Crippen LogP contribution in [-0.2, 0) is 6.18 Å². The summed E-state index contributed by atoms with van der Waals surface area (Å²) in [5.41, 5.74) is 5.44. The molecule has 6 heteroatoms. The number of benzene rings is 1. The van der Waals surface area contributed by atoms with Gasteiger partial charge in [0.2, 0.25) is 0 Å². The van der Waals surface area contributed by atoms with Crippen LogP contribution in [0.25, 0.3) is 0 Å². The molecule has 1 unspecified atom stereocenters. The maximum absolute atomic E-state index is 13.0. The average Bonchev–Trinajstić information content (AvgIpc) is 2.27. The molecule has 0 aliphatic carbocycles. The van der Waals surface area contributed by atoms with Crippen LogP contribution in [0, 0.1) is 0 Å². The van der Waals surface area contributed by atoms with Crippen molar-refractivity contribution in [2.75, 3.05) is 18.0 Å². The fourth-order valence-electron chi connectivity index (χ4n) is 2.23. The SMILES string of the molecule is NC1CCCN(c2cc(Br)ccc2C(F)(F)F)C1. The van der Waals surface area contributed by atoms with Crippen LogP contribution in [0.5, 0.6) is 0 Å². The molecule has 1 aliphatic rings. The van der Waals surface area contributed by atoms with E-state index >= 15 is 0 Å². The van der Waals surface area contributed by atoms with Crippen molar-refractivity contribution in [1.82, 2.24) is 0 Å². The Morgan fingerprint density at radius 3 is 2.67 bits per heavy atom. The number of piperidine rings is 1. The number of alkyl halides is 3. The van der Waals surface area contributed by atoms with Crippen molar-refractivity contribution in [3.63, 3.8) is 0 Å². The quantitative estimate of drug-likeness (QED) is 0.858. The number of nitrogens with zero attached hydrogens (tertiary/aromatic N) is 1. The third-order valence-electron chi connectivity index (χ3n) is 3.06. The Balaban J connectivity index is 2.38. The van der Waals surface area contributed by atoms with Crippen molar-refractivity contribution >= 4 is 21.6 Å². The van der Waals surface area contributed by atoms with Crippen LogP contribution in [0.1, 0.15) is 18.4 Å². The average molecular weight is 323 g/mol. The van der Waals surface area contributed by atoms with E-state index in [1.54, 1.807) is 4.90 Å². The van der Waals surface area contributed by atoms with Gasteiger partial charge >= 0.3 is 6.18 Å². The molecule has 18 heavy (non-hydrogen) atoms. The second-order valence-corrected chi connectivity index (χ2v) is 5.42. The standard InChI is InChI=1S/C12H14BrF3N2/c13-8-3-4-10(12(14,15)16)11(6-8)18-5-1-2-9(17)7-18/h3-4,6,9H,1-2,5,7,17H2. The van der Waals surface area contributed by atoms with Gasteiger partial charge in [0.25, 0.3) is 0 Å². The lowest BCUT2D eigenvalue weighted by atomic mass is 10.0. The van der Waals surface area contributed by atoms with Gasteiger partial charge in [0.1, 0.15) is 0 Å². The number of hydrogen-bond donors (Lipinski definition) is 1. The van der Waals surface area contributed by atoms with Gasteiger partial charge in [0.05, 0.1) is 11.3 Å². The summed E-state index contributed by atoms with van der Waals surface area (Å²) in [6.07, 6.45) is -2.64. The molecule has 0 bridgehead atoms. The van der Waals surface area contributed by atoms with E-state index in [0.29, 0.717) is 17.6 Å². The number of halogens is 4. The molecule has 1 aromatic carbocycles. The van der Waals surface area contributed by atoms with E-state index in [-0.39, 0.29) is 11.7 Å². The third-order valence-corrected chi connectivity index (χ3v) is 3.56. The minimum atomic E-state index is -4.34. The highest BCUT2D eigenvalue weighted by molar-refractivity contribution is 9.10. The van der Waals surface area contributed by atoms with E-state index in [9.17, 15) is 13.2 Å². The smallest absolute Gasteiger partial charge is 0.369 e. The Hall–Kier alpha value is -0.750. The highest BCUT2D eigenvalue weighted by atomic mass is 79.9. The Bertz CT molecular complexity index is 434. The zero-order valence-corrected chi connectivity index (χ0v) is 11.3. The van der Waals surface area contributed by atoms with Crippen molar-refractivity contribution in [3.8, 4) is 0 Å². The molecule has 0 spiro atoms. The normalized spacial score (nSPS) is 21.2. The third kappa shape index (κ3) is 2.98. The van der Waals surface area contributed by atoms with Gasteiger partial charge in [-0.2, -0.15) is 13.2 Å². The molecule has 0 aromatic heterocycles. The van der Waals surface area contributed by atoms with Crippen molar-refractivity contribution in [2.45, 2.75) is 25.1 Å². The Kier molecular flexibility index (Phi) is 3.87. The molecule has 2 N–H and O–H groups in total. The van der Waals surface area contributed by atoms with Crippen molar-refractivity contribution in [3.05, 3.63) is 28.2 Å². The summed E-state index contributed by atoms with van der Waals surface area (Å²) in [5, 5.41) is 0. The van der Waals surface area contributed by atoms with E-state index in [2.05, 4.69) is 15.9 Å². The van der Waals surface area contributed by atoms with Gasteiger partial charge in [0, 0.05) is 23.6 Å². The van der Waals surface area contributed by atoms with E-state index in [1.807, 2.05) is 0 Å². The first kappa shape index (κ1) is 13.7. The number of hydrogen-bond acceptors (Lipinski definition) is 2. The number of anilines is 1. The van der Waals surface area contributed by atoms with Gasteiger partial charge in [-0.15, -0.1) is 0 Å². The lowest BCUT2D eigenvalue weighted by Crippen LogP contribution is -2.43. The lowest BCUT2D eigenvalue weighted by molar-refractivity contribution is -0.137. The van der Waals surface area contributed by atoms with Gasteiger partial charge in [-0.05, 0) is 31.0 Å². The van der Waals surface area contributed by atoms with E-state index in [0.717, 1.165) is 18.9 Å². The molecule has 0 amide bonds. The Morgan fingerprint density at radius 2 is 2.06 bits per heavy atom. The van der Waals surface area contributed by atoms with Crippen LogP contribution >= 0.6 is 15.9 Å². The van der Waals surface area contributed by atoms with Crippen molar-refractivity contribution in [2.24, 2.45) is 5.73 Å². The lowest BCUT2D eigenvalue weighted by Gasteiger charge is -2.34. The first-order chi connectivity index (χ1) is 8.38. The van der Waals surface area contributed by atoms with Crippen LogP contribution in [0.2, 0.25) is 0 Å². The summed E-state index contributed by atoms with van der Waals surface area (Å²) in [5.74, 6) is 0. The Morgan fingerprint density at radius 1 is 1.33 bits per heavy atom. The molecule has 1 aromatic rings. The van der Waals surface area contributed by atoms with Crippen LogP contribution < -0.4 is 10.6 Å². The van der Waals surface area contributed by atoms with Crippen molar-refractivity contribution < 1.29 is 13.2 Å². The predicted octanol–water partition coefficient (Wildman–Crippen LogP) is 3.40. The number of nitrogens with two attached hydrogens (primary N) is 1. The first-order valence-corrected chi connectivity index (χ1v) is 6.54. The molecule has 2 nitrogen and oxygen atoms in total. The van der Waals surface area contributed by atoms with E-state index in [1.165, 1.54) is 12.1 Å². The summed E-state index contributed by atoms with van der Waals surface area (Å²) in [7, 11) is 0. The zero-order chi connectivity index (χ0) is 13.3. The van der Waals surface area contributed by atoms with Crippen LogP contribution in [0.15, 0.2) is 22.7 Å². The molecule has 0 radical (unpaired) electrons. The molecule has 100 valence electrons. The summed E-state index contributed by atoms with van der Waals surface area (Å²) in [6.45, 7) is 1.09. The minimum Gasteiger partial charge on any atom is -0.369 e. The predicted molar refractivity (Wildman–Crippen MR) is 68.6 cm³/mol. The molecular weight excluding hydrogens is 309 g/mol. The summed E-state index contributed by atoms with van der Waals surface area (Å²) in [4.78, 5) is 1.72. The monoisotopic (exact) mass is 322 g/mol. The van der Waals surface area contributed by atoms with Gasteiger partial charge in [-0.25, -0.2) is 0 Å². The fraction of sp³-hybridized carbons (Fsp3) is 0.500. The van der Waals surface area contributed by atoms with Gasteiger partial charge in [0.15, 0.2) is 0 Å². The van der Waals surface area contributed by atoms with Gasteiger partial charge in [-0.3, -0.25) is 0 Å². The van der Waals surface area contributed by atoms with E-state index in [4.69, 9.17) is 5.73 Å². The van der Waals surface area contributed by atoms with Crippen LogP contribution in [-0.4, -0.2) is 19.1 Å². The van der Waals surface area contributed by atoms with Gasteiger partial charge < -0.3 is 10.6 Å². The second kappa shape index (κ2) is 5.09. The summed E-state index contributed by atoms with van der Waals surface area (Å²) < 4.78 is 39.5. The van der Waals surface area contributed by atoms with Gasteiger partial charge in [-0.1, -0.05) is 15.9 Å². The highest BCUT2D eigenvalue weighted by Crippen LogP contribution is 2.38. The van der Waals surface area contributed by atoms with Crippen molar-refractivity contribution in [1.29, 1.82) is 0 Å². The van der Waals surface area contributed by atoms with Crippen LogP contribution in [0.4, 0.5) is 18.9 Å². The minimum absolute atomic E-state index is 0.0567. The summed E-state index contributed by atoms with van der Waals surface area (Å²) in [6, 6.07) is 3.98. The molecule has 1 fully saturated rings. The molecule has 1 atom stereocenters. The molecule has 1 saturated heterocycles. The molecular formula is C12H14BrF3N2. The largest absolute Gasteiger partial charge is 0.418 e. The summed E-state index contributed by atoms with van der Waals surface area (Å²) >= 11 is 3.22. The Labute approximate surface area is 112 Å². The molecule has 1 aliphatic heterocycles. The first-order valence-electron chi connectivity index (χ1n) is 5.75. The maximum atomic E-state index is 13.0. The molecule has 1 heterocycles. The fourth-order valence-corrected chi connectivity index (χ4v) is 2.58. The molecule has 0 saturated carbocycles. The zero-order valence-electron chi connectivity index (χ0n) is 9.67. The van der Waals surface area contributed by atoms with E-state index < -0.39 is 11.7 Å². The maximum Gasteiger partial charge on any atom is 0.418 e. The highest BCUT2D eigenvalue weighted by Gasteiger charge is 2.35. The molecule has 2 rings (SSSR count). The van der Waals surface area contributed by atoms with Crippen LogP contribution in [0.3, 0.4) is 0 Å².